The Kier molecular flexibility index (Phi) is 4.14. The predicted molar refractivity (Wildman–Crippen MR) is 66.2 cm³/mol. The van der Waals surface area contributed by atoms with Crippen molar-refractivity contribution in [1.82, 2.24) is 9.55 Å². The molecule has 17 heavy (non-hydrogen) atoms. The molecule has 5 nitrogen and oxygen atoms in total. The van der Waals surface area contributed by atoms with Gasteiger partial charge in [0, 0.05) is 38.7 Å². The largest absolute Gasteiger partial charge is 0.381 e. The van der Waals surface area contributed by atoms with E-state index < -0.39 is 0 Å². The second-order valence-corrected chi connectivity index (χ2v) is 4.30. The first-order valence-electron chi connectivity index (χ1n) is 6.18. The maximum atomic E-state index is 11.9. The standard InChI is InChI=1S/C12H19N3O2/c1-2-15-6-5-13-11(12(15)16)14-9-10-3-7-17-8-4-10/h5-6,10H,2-4,7-9H2,1H3,(H,13,14). The molecule has 2 heterocycles. The van der Waals surface area contributed by atoms with Crippen molar-refractivity contribution in [2.45, 2.75) is 26.3 Å². The van der Waals surface area contributed by atoms with Crippen molar-refractivity contribution in [3.8, 4) is 0 Å². The van der Waals surface area contributed by atoms with E-state index in [4.69, 9.17) is 4.74 Å². The Morgan fingerprint density at radius 2 is 2.29 bits per heavy atom. The van der Waals surface area contributed by atoms with Crippen LogP contribution in [0, 0.1) is 5.92 Å². The number of aryl methyl sites for hydroxylation is 1. The zero-order chi connectivity index (χ0) is 12.1. The van der Waals surface area contributed by atoms with Gasteiger partial charge in [-0.05, 0) is 25.7 Å². The van der Waals surface area contributed by atoms with Crippen molar-refractivity contribution in [2.24, 2.45) is 5.92 Å². The molecule has 94 valence electrons. The Morgan fingerprint density at radius 1 is 1.53 bits per heavy atom. The monoisotopic (exact) mass is 237 g/mol. The van der Waals surface area contributed by atoms with Crippen molar-refractivity contribution in [3.63, 3.8) is 0 Å². The first-order valence-corrected chi connectivity index (χ1v) is 6.18. The van der Waals surface area contributed by atoms with Gasteiger partial charge in [-0.1, -0.05) is 0 Å². The Morgan fingerprint density at radius 3 is 3.00 bits per heavy atom. The summed E-state index contributed by atoms with van der Waals surface area (Å²) in [6, 6.07) is 0. The van der Waals surface area contributed by atoms with Crippen LogP contribution in [-0.2, 0) is 11.3 Å². The molecule has 1 aromatic heterocycles. The SMILES string of the molecule is CCn1ccnc(NCC2CCOCC2)c1=O. The first-order chi connectivity index (χ1) is 8.31. The average molecular weight is 237 g/mol. The number of rotatable bonds is 4. The zero-order valence-corrected chi connectivity index (χ0v) is 10.2. The molecule has 0 aromatic carbocycles. The topological polar surface area (TPSA) is 56.1 Å². The summed E-state index contributed by atoms with van der Waals surface area (Å²) in [4.78, 5) is 16.0. The van der Waals surface area contributed by atoms with Gasteiger partial charge < -0.3 is 14.6 Å². The van der Waals surface area contributed by atoms with Crippen molar-refractivity contribution in [3.05, 3.63) is 22.7 Å². The van der Waals surface area contributed by atoms with Gasteiger partial charge in [0.15, 0.2) is 5.82 Å². The van der Waals surface area contributed by atoms with Gasteiger partial charge in [0.2, 0.25) is 0 Å². The van der Waals surface area contributed by atoms with Crippen LogP contribution < -0.4 is 10.9 Å². The highest BCUT2D eigenvalue weighted by atomic mass is 16.5. The Bertz CT molecular complexity index is 410. The Balaban J connectivity index is 1.96. The van der Waals surface area contributed by atoms with Crippen LogP contribution >= 0.6 is 0 Å². The lowest BCUT2D eigenvalue weighted by molar-refractivity contribution is 0.0699. The molecule has 0 radical (unpaired) electrons. The smallest absolute Gasteiger partial charge is 0.293 e. The van der Waals surface area contributed by atoms with Crippen LogP contribution in [0.5, 0.6) is 0 Å². The number of ether oxygens (including phenoxy) is 1. The molecule has 1 saturated heterocycles. The molecule has 0 aliphatic carbocycles. The summed E-state index contributed by atoms with van der Waals surface area (Å²) >= 11 is 0. The van der Waals surface area contributed by atoms with Gasteiger partial charge >= 0.3 is 0 Å². The summed E-state index contributed by atoms with van der Waals surface area (Å²) in [6.07, 6.45) is 5.49. The van der Waals surface area contributed by atoms with Crippen LogP contribution in [0.4, 0.5) is 5.82 Å². The van der Waals surface area contributed by atoms with Gasteiger partial charge in [-0.2, -0.15) is 0 Å². The van der Waals surface area contributed by atoms with Crippen LogP contribution in [0.3, 0.4) is 0 Å². The molecule has 1 fully saturated rings. The normalized spacial score (nSPS) is 17.0. The van der Waals surface area contributed by atoms with E-state index >= 15 is 0 Å². The van der Waals surface area contributed by atoms with Crippen LogP contribution in [0.2, 0.25) is 0 Å². The molecule has 0 atom stereocenters. The van der Waals surface area contributed by atoms with Crippen LogP contribution in [0.25, 0.3) is 0 Å². The molecule has 2 rings (SSSR count). The maximum absolute atomic E-state index is 11.9. The fourth-order valence-corrected chi connectivity index (χ4v) is 2.01. The van der Waals surface area contributed by atoms with E-state index in [1.807, 2.05) is 6.92 Å². The molecule has 1 aliphatic heterocycles. The number of anilines is 1. The van der Waals surface area contributed by atoms with E-state index in [0.29, 0.717) is 18.3 Å². The van der Waals surface area contributed by atoms with Gasteiger partial charge in [-0.15, -0.1) is 0 Å². The van der Waals surface area contributed by atoms with E-state index in [9.17, 15) is 4.79 Å². The number of hydrogen-bond acceptors (Lipinski definition) is 4. The second kappa shape index (κ2) is 5.82. The second-order valence-electron chi connectivity index (χ2n) is 4.30. The molecule has 0 spiro atoms. The number of nitrogens with zero attached hydrogens (tertiary/aromatic N) is 2. The van der Waals surface area contributed by atoms with Crippen molar-refractivity contribution < 1.29 is 4.74 Å². The summed E-state index contributed by atoms with van der Waals surface area (Å²) < 4.78 is 6.95. The summed E-state index contributed by atoms with van der Waals surface area (Å²) in [5, 5.41) is 3.16. The minimum atomic E-state index is -0.0398. The van der Waals surface area contributed by atoms with E-state index in [2.05, 4.69) is 10.3 Å². The van der Waals surface area contributed by atoms with Crippen molar-refractivity contribution >= 4 is 5.82 Å². The summed E-state index contributed by atoms with van der Waals surface area (Å²) in [6.45, 7) is 5.08. The van der Waals surface area contributed by atoms with E-state index in [0.717, 1.165) is 32.6 Å². The van der Waals surface area contributed by atoms with Crippen LogP contribution in [0.15, 0.2) is 17.2 Å². The minimum absolute atomic E-state index is 0.0398. The van der Waals surface area contributed by atoms with Gasteiger partial charge in [-0.25, -0.2) is 4.98 Å². The fraction of sp³-hybridized carbons (Fsp3) is 0.667. The average Bonchev–Trinajstić information content (AvgIpc) is 2.39. The minimum Gasteiger partial charge on any atom is -0.381 e. The Labute approximate surface area is 101 Å². The lowest BCUT2D eigenvalue weighted by Crippen LogP contribution is -2.28. The molecule has 0 saturated carbocycles. The lowest BCUT2D eigenvalue weighted by atomic mass is 10.0. The molecule has 0 amide bonds. The third-order valence-corrected chi connectivity index (χ3v) is 3.15. The Hall–Kier alpha value is -1.36. The van der Waals surface area contributed by atoms with Gasteiger partial charge in [0.05, 0.1) is 0 Å². The van der Waals surface area contributed by atoms with Crippen LogP contribution in [-0.4, -0.2) is 29.3 Å². The number of aromatic nitrogens is 2. The lowest BCUT2D eigenvalue weighted by Gasteiger charge is -2.22. The molecular formula is C12H19N3O2. The van der Waals surface area contributed by atoms with Crippen molar-refractivity contribution in [1.29, 1.82) is 0 Å². The summed E-state index contributed by atoms with van der Waals surface area (Å²) in [5.74, 6) is 1.04. The third-order valence-electron chi connectivity index (χ3n) is 3.15. The van der Waals surface area contributed by atoms with Gasteiger partial charge in [-0.3, -0.25) is 4.79 Å². The van der Waals surface area contributed by atoms with Crippen molar-refractivity contribution in [2.75, 3.05) is 25.1 Å². The number of hydrogen-bond donors (Lipinski definition) is 1. The predicted octanol–water partition coefficient (Wildman–Crippen LogP) is 1.10. The molecule has 1 N–H and O–H groups in total. The first kappa shape index (κ1) is 12.1. The zero-order valence-electron chi connectivity index (χ0n) is 10.2. The van der Waals surface area contributed by atoms with E-state index in [1.165, 1.54) is 0 Å². The highest BCUT2D eigenvalue weighted by Crippen LogP contribution is 2.14. The molecule has 0 unspecified atom stereocenters. The molecule has 1 aliphatic rings. The number of nitrogens with one attached hydrogen (secondary N) is 1. The molecular weight excluding hydrogens is 218 g/mol. The van der Waals surface area contributed by atoms with E-state index in [1.54, 1.807) is 17.0 Å². The molecule has 1 aromatic rings. The fourth-order valence-electron chi connectivity index (χ4n) is 2.01. The molecule has 0 bridgehead atoms. The summed E-state index contributed by atoms with van der Waals surface area (Å²) in [5.41, 5.74) is -0.0398. The van der Waals surface area contributed by atoms with Gasteiger partial charge in [0.1, 0.15) is 0 Å². The highest BCUT2D eigenvalue weighted by Gasteiger charge is 2.14. The third kappa shape index (κ3) is 3.06. The van der Waals surface area contributed by atoms with Crippen LogP contribution in [0.1, 0.15) is 19.8 Å². The van der Waals surface area contributed by atoms with Gasteiger partial charge in [0.25, 0.3) is 5.56 Å². The maximum Gasteiger partial charge on any atom is 0.293 e. The van der Waals surface area contributed by atoms with E-state index in [-0.39, 0.29) is 5.56 Å². The molecule has 5 heteroatoms. The quantitative estimate of drug-likeness (QED) is 0.852. The highest BCUT2D eigenvalue weighted by molar-refractivity contribution is 5.30. The summed E-state index contributed by atoms with van der Waals surface area (Å²) in [7, 11) is 0.